The van der Waals surface area contributed by atoms with Gasteiger partial charge < -0.3 is 31.5 Å². The van der Waals surface area contributed by atoms with Crippen LogP contribution in [0.5, 0.6) is 0 Å². The number of aliphatic imine (C=N–C) groups is 1. The monoisotopic (exact) mass is 569 g/mol. The first-order chi connectivity index (χ1) is 19.2. The summed E-state index contributed by atoms with van der Waals surface area (Å²) in [5.41, 5.74) is 7.89. The Morgan fingerprint density at radius 3 is 2.65 bits per heavy atom. The molecule has 40 heavy (non-hydrogen) atoms. The average Bonchev–Trinajstić information content (AvgIpc) is 3.34. The van der Waals surface area contributed by atoms with Crippen molar-refractivity contribution in [2.24, 2.45) is 16.6 Å². The molecular formula is C29H39N5O5S. The summed E-state index contributed by atoms with van der Waals surface area (Å²) in [6.45, 7) is 4.75. The molecule has 0 saturated carbocycles. The van der Waals surface area contributed by atoms with E-state index in [-0.39, 0.29) is 17.7 Å². The summed E-state index contributed by atoms with van der Waals surface area (Å²) in [6, 6.07) is 5.70. The van der Waals surface area contributed by atoms with Gasteiger partial charge in [0.25, 0.3) is 0 Å². The van der Waals surface area contributed by atoms with Gasteiger partial charge in [-0.25, -0.2) is 0 Å². The molecule has 1 aromatic carbocycles. The summed E-state index contributed by atoms with van der Waals surface area (Å²) >= 11 is 1.63. The van der Waals surface area contributed by atoms with Crippen molar-refractivity contribution in [3.63, 3.8) is 0 Å². The Morgan fingerprint density at radius 1 is 1.12 bits per heavy atom. The predicted octanol–water partition coefficient (Wildman–Crippen LogP) is 2.45. The minimum absolute atomic E-state index is 0.124. The van der Waals surface area contributed by atoms with E-state index >= 15 is 0 Å². The maximum absolute atomic E-state index is 13.4. The van der Waals surface area contributed by atoms with Crippen LogP contribution in [-0.2, 0) is 19.1 Å². The molecule has 3 amide bonds. The van der Waals surface area contributed by atoms with Crippen molar-refractivity contribution in [2.45, 2.75) is 81.7 Å². The van der Waals surface area contributed by atoms with Gasteiger partial charge in [0.1, 0.15) is 12.1 Å². The van der Waals surface area contributed by atoms with Gasteiger partial charge in [-0.3, -0.25) is 19.4 Å². The van der Waals surface area contributed by atoms with Gasteiger partial charge in [-0.15, -0.1) is 0 Å². The third-order valence-corrected chi connectivity index (χ3v) is 8.17. The van der Waals surface area contributed by atoms with Crippen LogP contribution in [0, 0.1) is 5.92 Å². The third-order valence-electron chi connectivity index (χ3n) is 7.01. The Kier molecular flexibility index (Phi) is 10.5. The number of para-hydroxylation sites is 1. The molecule has 6 N–H and O–H groups in total. The molecule has 1 saturated heterocycles. The first-order valence-corrected chi connectivity index (χ1v) is 14.7. The minimum Gasteiger partial charge on any atom is -0.366 e. The fraction of sp³-hybridized carbons (Fsp3) is 0.517. The lowest BCUT2D eigenvalue weighted by Gasteiger charge is -2.26. The third kappa shape index (κ3) is 7.81. The van der Waals surface area contributed by atoms with Crippen molar-refractivity contribution >= 4 is 40.9 Å². The second-order valence-corrected chi connectivity index (χ2v) is 11.8. The normalized spacial score (nSPS) is 21.3. The molecule has 3 aliphatic rings. The van der Waals surface area contributed by atoms with Crippen LogP contribution in [0.15, 0.2) is 56.8 Å². The molecular weight excluding hydrogens is 530 g/mol. The lowest BCUT2D eigenvalue weighted by molar-refractivity contribution is -0.133. The first-order valence-electron chi connectivity index (χ1n) is 13.9. The molecule has 4 atom stereocenters. The molecule has 216 valence electrons. The second-order valence-electron chi connectivity index (χ2n) is 10.7. The Bertz CT molecular complexity index is 1200. The van der Waals surface area contributed by atoms with Crippen LogP contribution >= 0.6 is 11.8 Å². The highest BCUT2D eigenvalue weighted by Gasteiger charge is 2.33. The number of hydrogen-bond acceptors (Lipinski definition) is 8. The van der Waals surface area contributed by atoms with Crippen LogP contribution in [0.2, 0.25) is 0 Å². The van der Waals surface area contributed by atoms with Gasteiger partial charge in [0, 0.05) is 21.8 Å². The van der Waals surface area contributed by atoms with E-state index in [2.05, 4.69) is 16.0 Å². The number of aliphatic hydroxyl groups is 1. The lowest BCUT2D eigenvalue weighted by atomic mass is 9.99. The summed E-state index contributed by atoms with van der Waals surface area (Å²) in [6.07, 6.45) is 5.60. The number of carbonyl (C=O) groups excluding carboxylic acids is 3. The molecule has 1 aromatic rings. The lowest BCUT2D eigenvalue weighted by Crippen LogP contribution is -2.56. The van der Waals surface area contributed by atoms with E-state index in [9.17, 15) is 19.5 Å². The fourth-order valence-corrected chi connectivity index (χ4v) is 5.80. The number of ether oxygens (including phenoxy) is 1. The van der Waals surface area contributed by atoms with Gasteiger partial charge in [-0.1, -0.05) is 43.8 Å². The summed E-state index contributed by atoms with van der Waals surface area (Å²) in [4.78, 5) is 46.7. The number of carbonyl (C=O) groups is 3. The summed E-state index contributed by atoms with van der Waals surface area (Å²) < 4.78 is 5.13. The van der Waals surface area contributed by atoms with E-state index in [1.165, 1.54) is 0 Å². The first kappa shape index (κ1) is 30.0. The van der Waals surface area contributed by atoms with Crippen molar-refractivity contribution in [3.05, 3.63) is 46.9 Å². The Hall–Kier alpha value is -2.99. The van der Waals surface area contributed by atoms with Gasteiger partial charge in [0.2, 0.25) is 17.7 Å². The smallest absolute Gasteiger partial charge is 0.248 e. The second kappa shape index (κ2) is 14.1. The molecule has 1 fully saturated rings. The van der Waals surface area contributed by atoms with Crippen molar-refractivity contribution in [3.8, 4) is 0 Å². The molecule has 2 heterocycles. The number of rotatable bonds is 12. The van der Waals surface area contributed by atoms with Gasteiger partial charge in [0.15, 0.2) is 6.29 Å². The molecule has 11 heteroatoms. The van der Waals surface area contributed by atoms with Crippen LogP contribution in [0.3, 0.4) is 0 Å². The maximum atomic E-state index is 13.4. The molecule has 0 bridgehead atoms. The number of allylic oxidation sites excluding steroid dienone is 3. The van der Waals surface area contributed by atoms with Crippen LogP contribution in [0.1, 0.15) is 52.4 Å². The minimum atomic E-state index is -1.07. The Balaban J connectivity index is 1.43. The van der Waals surface area contributed by atoms with E-state index in [1.54, 1.807) is 17.8 Å². The topological polar surface area (TPSA) is 155 Å². The Morgan fingerprint density at radius 2 is 1.93 bits per heavy atom. The number of aliphatic hydroxyl groups excluding tert-OH is 1. The van der Waals surface area contributed by atoms with Crippen LogP contribution in [-0.4, -0.2) is 66.1 Å². The van der Waals surface area contributed by atoms with E-state index in [0.29, 0.717) is 57.2 Å². The fourth-order valence-electron chi connectivity index (χ4n) is 4.83. The maximum Gasteiger partial charge on any atom is 0.248 e. The number of nitrogens with zero attached hydrogens (tertiary/aromatic N) is 1. The summed E-state index contributed by atoms with van der Waals surface area (Å²) in [5, 5.41) is 18.5. The van der Waals surface area contributed by atoms with E-state index < -0.39 is 30.3 Å². The average molecular weight is 570 g/mol. The van der Waals surface area contributed by atoms with Gasteiger partial charge in [0.05, 0.1) is 24.0 Å². The largest absolute Gasteiger partial charge is 0.366 e. The van der Waals surface area contributed by atoms with Crippen molar-refractivity contribution in [1.82, 2.24) is 16.0 Å². The standard InChI is InChI=1S/C29H39N5O5S/c1-17(2)15-23(28(37)33-21-12-14-39-29(21)38)34-27(36)20(8-5-6-13-30)32-26(35)18-10-11-25-22(16-18)31-19-7-3-4-9-24(19)40-25/h3-4,7,9-11,17,20-21,23,29,38H,5-6,8,12-16,30H2,1-2H3,(H,32,35)(H,33,37)(H,34,36)/t20-,21-,23-,29?/m0/s1. The molecule has 1 unspecified atom stereocenters. The number of nitrogens with one attached hydrogen (secondary N) is 3. The molecule has 0 radical (unpaired) electrons. The number of benzene rings is 1. The molecule has 10 nitrogen and oxygen atoms in total. The zero-order chi connectivity index (χ0) is 28.6. The Labute approximate surface area is 239 Å². The van der Waals surface area contributed by atoms with Gasteiger partial charge in [-0.2, -0.15) is 0 Å². The highest BCUT2D eigenvalue weighted by Crippen LogP contribution is 2.42. The van der Waals surface area contributed by atoms with E-state index in [1.807, 2.05) is 44.2 Å². The number of amides is 3. The van der Waals surface area contributed by atoms with Crippen LogP contribution < -0.4 is 21.7 Å². The van der Waals surface area contributed by atoms with Crippen LogP contribution in [0.25, 0.3) is 0 Å². The molecule has 2 aliphatic heterocycles. The number of thioether (sulfide) groups is 1. The SMILES string of the molecule is CC(C)C[C@H](NC(=O)[C@H](CCCCN)NC(=O)C1=CC=C2Sc3ccccc3N=C2C1)C(=O)N[C@H]1CCOC1O. The molecule has 1 aliphatic carbocycles. The predicted molar refractivity (Wildman–Crippen MR) is 155 cm³/mol. The number of hydrogen-bond donors (Lipinski definition) is 5. The number of unbranched alkanes of at least 4 members (excludes halogenated alkanes) is 1. The highest BCUT2D eigenvalue weighted by molar-refractivity contribution is 8.04. The van der Waals surface area contributed by atoms with Gasteiger partial charge in [-0.05, 0) is 62.8 Å². The zero-order valence-corrected chi connectivity index (χ0v) is 23.8. The van der Waals surface area contributed by atoms with Crippen molar-refractivity contribution < 1.29 is 24.2 Å². The van der Waals surface area contributed by atoms with Gasteiger partial charge >= 0.3 is 0 Å². The summed E-state index contributed by atoms with van der Waals surface area (Å²) in [7, 11) is 0. The quantitative estimate of drug-likeness (QED) is 0.242. The van der Waals surface area contributed by atoms with E-state index in [4.69, 9.17) is 15.5 Å². The van der Waals surface area contributed by atoms with E-state index in [0.717, 1.165) is 21.2 Å². The highest BCUT2D eigenvalue weighted by atomic mass is 32.2. The van der Waals surface area contributed by atoms with Crippen LogP contribution in [0.4, 0.5) is 5.69 Å². The molecule has 0 spiro atoms. The summed E-state index contributed by atoms with van der Waals surface area (Å²) in [5.74, 6) is -1.03. The molecule has 4 rings (SSSR count). The number of fused-ring (bicyclic) bond motifs is 2. The van der Waals surface area contributed by atoms with Crippen molar-refractivity contribution in [1.29, 1.82) is 0 Å². The number of nitrogens with two attached hydrogens (primary N) is 1. The zero-order valence-electron chi connectivity index (χ0n) is 23.0. The van der Waals surface area contributed by atoms with Crippen molar-refractivity contribution in [2.75, 3.05) is 13.2 Å². The molecule has 0 aromatic heterocycles.